The lowest BCUT2D eigenvalue weighted by molar-refractivity contribution is -0.116. The Morgan fingerprint density at radius 1 is 1.15 bits per heavy atom. The van der Waals surface area contributed by atoms with Crippen molar-refractivity contribution in [1.82, 2.24) is 5.32 Å². The van der Waals surface area contributed by atoms with Crippen LogP contribution in [0.4, 0.5) is 5.69 Å². The van der Waals surface area contributed by atoms with Crippen LogP contribution in [0.5, 0.6) is 0 Å². The van der Waals surface area contributed by atoms with Crippen LogP contribution in [0.25, 0.3) is 0 Å². The average molecular weight is 278 g/mol. The van der Waals surface area contributed by atoms with Gasteiger partial charge in [-0.05, 0) is 51.0 Å². The van der Waals surface area contributed by atoms with Crippen LogP contribution in [-0.4, -0.2) is 29.6 Å². The molecule has 0 fully saturated rings. The van der Waals surface area contributed by atoms with Gasteiger partial charge in [-0.15, -0.1) is 0 Å². The van der Waals surface area contributed by atoms with Crippen LogP contribution in [0.2, 0.25) is 0 Å². The van der Waals surface area contributed by atoms with Crippen molar-refractivity contribution in [2.75, 3.05) is 11.9 Å². The molecule has 0 aliphatic carbocycles. The lowest BCUT2D eigenvalue weighted by atomic mass is 10.1. The molecule has 5 heteroatoms. The molecule has 0 heterocycles. The predicted molar refractivity (Wildman–Crippen MR) is 78.6 cm³/mol. The fourth-order valence-electron chi connectivity index (χ4n) is 1.67. The molecule has 0 saturated heterocycles. The SMILES string of the molecule is CC(C)NC(=O)c1ccc(NC(=O)CCCCO)cc1. The summed E-state index contributed by atoms with van der Waals surface area (Å²) in [5.74, 6) is -0.210. The lowest BCUT2D eigenvalue weighted by Crippen LogP contribution is -2.30. The molecular weight excluding hydrogens is 256 g/mol. The molecule has 0 spiro atoms. The molecule has 0 bridgehead atoms. The summed E-state index contributed by atoms with van der Waals surface area (Å²) in [7, 11) is 0. The first-order chi connectivity index (χ1) is 9.52. The Morgan fingerprint density at radius 2 is 1.80 bits per heavy atom. The summed E-state index contributed by atoms with van der Waals surface area (Å²) in [5.41, 5.74) is 1.23. The van der Waals surface area contributed by atoms with E-state index >= 15 is 0 Å². The smallest absolute Gasteiger partial charge is 0.251 e. The maximum absolute atomic E-state index is 11.7. The quantitative estimate of drug-likeness (QED) is 0.667. The van der Waals surface area contributed by atoms with Crippen molar-refractivity contribution in [3.63, 3.8) is 0 Å². The van der Waals surface area contributed by atoms with Gasteiger partial charge in [0.2, 0.25) is 5.91 Å². The van der Waals surface area contributed by atoms with E-state index in [1.165, 1.54) is 0 Å². The molecule has 2 amide bonds. The van der Waals surface area contributed by atoms with Crippen LogP contribution in [0.3, 0.4) is 0 Å². The van der Waals surface area contributed by atoms with E-state index in [9.17, 15) is 9.59 Å². The van der Waals surface area contributed by atoms with Gasteiger partial charge in [0.05, 0.1) is 0 Å². The first kappa shape index (κ1) is 16.2. The van der Waals surface area contributed by atoms with Gasteiger partial charge in [0, 0.05) is 30.3 Å². The van der Waals surface area contributed by atoms with Crippen molar-refractivity contribution in [2.45, 2.75) is 39.2 Å². The first-order valence-electron chi connectivity index (χ1n) is 6.84. The third-order valence-corrected chi connectivity index (χ3v) is 2.66. The second-order valence-corrected chi connectivity index (χ2v) is 4.93. The number of hydrogen-bond donors (Lipinski definition) is 3. The van der Waals surface area contributed by atoms with Crippen molar-refractivity contribution in [2.24, 2.45) is 0 Å². The molecule has 0 saturated carbocycles. The van der Waals surface area contributed by atoms with Crippen molar-refractivity contribution in [3.05, 3.63) is 29.8 Å². The van der Waals surface area contributed by atoms with E-state index in [0.717, 1.165) is 0 Å². The number of benzene rings is 1. The second kappa shape index (κ2) is 8.32. The molecule has 3 N–H and O–H groups in total. The number of carbonyl (C=O) groups excluding carboxylic acids is 2. The summed E-state index contributed by atoms with van der Waals surface area (Å²) >= 11 is 0. The van der Waals surface area contributed by atoms with E-state index < -0.39 is 0 Å². The van der Waals surface area contributed by atoms with Crippen LogP contribution < -0.4 is 10.6 Å². The number of aliphatic hydroxyl groups excluding tert-OH is 1. The second-order valence-electron chi connectivity index (χ2n) is 4.93. The molecule has 0 aliphatic rings. The third-order valence-electron chi connectivity index (χ3n) is 2.66. The average Bonchev–Trinajstić information content (AvgIpc) is 2.39. The lowest BCUT2D eigenvalue weighted by Gasteiger charge is -2.09. The molecular formula is C15H22N2O3. The third kappa shape index (κ3) is 5.84. The summed E-state index contributed by atoms with van der Waals surface area (Å²) in [6, 6.07) is 6.87. The largest absolute Gasteiger partial charge is 0.396 e. The van der Waals surface area contributed by atoms with Crippen LogP contribution in [0.1, 0.15) is 43.5 Å². The van der Waals surface area contributed by atoms with E-state index in [-0.39, 0.29) is 24.5 Å². The van der Waals surface area contributed by atoms with Gasteiger partial charge in [-0.1, -0.05) is 0 Å². The highest BCUT2D eigenvalue weighted by molar-refractivity contribution is 5.95. The van der Waals surface area contributed by atoms with Crippen LogP contribution >= 0.6 is 0 Å². The fraction of sp³-hybridized carbons (Fsp3) is 0.467. The number of unbranched alkanes of at least 4 members (excludes halogenated alkanes) is 1. The predicted octanol–water partition coefficient (Wildman–Crippen LogP) is 1.93. The van der Waals surface area contributed by atoms with E-state index in [1.54, 1.807) is 24.3 Å². The van der Waals surface area contributed by atoms with Gasteiger partial charge < -0.3 is 15.7 Å². The van der Waals surface area contributed by atoms with Gasteiger partial charge in [-0.25, -0.2) is 0 Å². The first-order valence-corrected chi connectivity index (χ1v) is 6.84. The number of carbonyl (C=O) groups is 2. The van der Waals surface area contributed by atoms with Crippen molar-refractivity contribution < 1.29 is 14.7 Å². The van der Waals surface area contributed by atoms with Gasteiger partial charge in [-0.3, -0.25) is 9.59 Å². The maximum Gasteiger partial charge on any atom is 0.251 e. The Kier molecular flexibility index (Phi) is 6.73. The van der Waals surface area contributed by atoms with Gasteiger partial charge in [0.1, 0.15) is 0 Å². The fourth-order valence-corrected chi connectivity index (χ4v) is 1.67. The Balaban J connectivity index is 2.50. The molecule has 20 heavy (non-hydrogen) atoms. The standard InChI is InChI=1S/C15H22N2O3/c1-11(2)16-15(20)12-6-8-13(9-7-12)17-14(19)5-3-4-10-18/h6-9,11,18H,3-5,10H2,1-2H3,(H,16,20)(H,17,19). The molecule has 0 unspecified atom stereocenters. The molecule has 0 atom stereocenters. The zero-order valence-electron chi connectivity index (χ0n) is 12.0. The molecule has 1 rings (SSSR count). The Hall–Kier alpha value is -1.88. The Bertz CT molecular complexity index is 441. The van der Waals surface area contributed by atoms with Gasteiger partial charge >= 0.3 is 0 Å². The minimum Gasteiger partial charge on any atom is -0.396 e. The zero-order valence-corrected chi connectivity index (χ0v) is 12.0. The number of aliphatic hydroxyl groups is 1. The van der Waals surface area contributed by atoms with Crippen molar-refractivity contribution >= 4 is 17.5 Å². The van der Waals surface area contributed by atoms with Gasteiger partial charge in [0.25, 0.3) is 5.91 Å². The normalized spacial score (nSPS) is 10.4. The Labute approximate surface area is 119 Å². The van der Waals surface area contributed by atoms with E-state index in [2.05, 4.69) is 10.6 Å². The summed E-state index contributed by atoms with van der Waals surface area (Å²) in [6.45, 7) is 3.91. The van der Waals surface area contributed by atoms with E-state index in [4.69, 9.17) is 5.11 Å². The van der Waals surface area contributed by atoms with Crippen molar-refractivity contribution in [1.29, 1.82) is 0 Å². The van der Waals surface area contributed by atoms with Crippen LogP contribution in [0.15, 0.2) is 24.3 Å². The summed E-state index contributed by atoms with van der Waals surface area (Å²) in [4.78, 5) is 23.3. The van der Waals surface area contributed by atoms with Gasteiger partial charge in [-0.2, -0.15) is 0 Å². The van der Waals surface area contributed by atoms with Gasteiger partial charge in [0.15, 0.2) is 0 Å². The summed E-state index contributed by atoms with van der Waals surface area (Å²) in [6.07, 6.45) is 1.68. The van der Waals surface area contributed by atoms with Crippen molar-refractivity contribution in [3.8, 4) is 0 Å². The zero-order chi connectivity index (χ0) is 15.0. The number of nitrogens with one attached hydrogen (secondary N) is 2. The Morgan fingerprint density at radius 3 is 2.35 bits per heavy atom. The number of anilines is 1. The molecule has 1 aromatic rings. The molecule has 1 aromatic carbocycles. The highest BCUT2D eigenvalue weighted by Crippen LogP contribution is 2.10. The van der Waals surface area contributed by atoms with Crippen LogP contribution in [-0.2, 0) is 4.79 Å². The van der Waals surface area contributed by atoms with E-state index in [1.807, 2.05) is 13.8 Å². The minimum absolute atomic E-state index is 0.0853. The van der Waals surface area contributed by atoms with E-state index in [0.29, 0.717) is 30.5 Å². The molecule has 0 aliphatic heterocycles. The highest BCUT2D eigenvalue weighted by atomic mass is 16.3. The summed E-state index contributed by atoms with van der Waals surface area (Å²) < 4.78 is 0. The molecule has 0 aromatic heterocycles. The molecule has 5 nitrogen and oxygen atoms in total. The number of amides is 2. The molecule has 110 valence electrons. The highest BCUT2D eigenvalue weighted by Gasteiger charge is 2.07. The number of hydrogen-bond acceptors (Lipinski definition) is 3. The topological polar surface area (TPSA) is 78.4 Å². The van der Waals surface area contributed by atoms with Crippen LogP contribution in [0, 0.1) is 0 Å². The molecule has 0 radical (unpaired) electrons. The summed E-state index contributed by atoms with van der Waals surface area (Å²) in [5, 5.41) is 14.2. The number of rotatable bonds is 7. The monoisotopic (exact) mass is 278 g/mol. The minimum atomic E-state index is -0.124. The maximum atomic E-state index is 11.7.